The van der Waals surface area contributed by atoms with Crippen LogP contribution in [0.25, 0.3) is 0 Å². The van der Waals surface area contributed by atoms with Crippen molar-refractivity contribution in [3.63, 3.8) is 0 Å². The van der Waals surface area contributed by atoms with Crippen LogP contribution in [-0.2, 0) is 0 Å². The number of hydrogen-bond donors (Lipinski definition) is 2. The van der Waals surface area contributed by atoms with Crippen LogP contribution < -0.4 is 9.47 Å². The first-order valence-electron chi connectivity index (χ1n) is 5.34. The molecule has 0 spiro atoms. The van der Waals surface area contributed by atoms with E-state index in [1.165, 1.54) is 13.2 Å². The second-order valence-electron chi connectivity index (χ2n) is 3.42. The zero-order valence-electron chi connectivity index (χ0n) is 9.68. The molecular weight excluding hydrogens is 224 g/mol. The van der Waals surface area contributed by atoms with Crippen molar-refractivity contribution in [2.45, 2.75) is 12.8 Å². The maximum atomic E-state index is 11.0. The van der Waals surface area contributed by atoms with Gasteiger partial charge in [0.1, 0.15) is 5.56 Å². The number of aliphatic hydroxyl groups is 1. The predicted molar refractivity (Wildman–Crippen MR) is 61.8 cm³/mol. The standard InChI is InChI=1S/C12H16O5/c1-16-10-6-4-5-9(12(14)15)11(10)17-8-3-2-7-13/h4-6,13H,2-3,7-8H2,1H3,(H,14,15). The van der Waals surface area contributed by atoms with Crippen molar-refractivity contribution in [1.82, 2.24) is 0 Å². The van der Waals surface area contributed by atoms with Gasteiger partial charge in [-0.3, -0.25) is 0 Å². The fourth-order valence-electron chi connectivity index (χ4n) is 1.38. The van der Waals surface area contributed by atoms with Gasteiger partial charge >= 0.3 is 5.97 Å². The molecule has 0 unspecified atom stereocenters. The molecule has 94 valence electrons. The Kier molecular flexibility index (Phi) is 5.29. The maximum absolute atomic E-state index is 11.0. The number of carboxylic acids is 1. The number of ether oxygens (including phenoxy) is 2. The molecule has 1 aromatic carbocycles. The minimum absolute atomic E-state index is 0.0772. The van der Waals surface area contributed by atoms with E-state index in [0.29, 0.717) is 25.2 Å². The highest BCUT2D eigenvalue weighted by atomic mass is 16.5. The molecule has 0 amide bonds. The second kappa shape index (κ2) is 6.75. The number of aromatic carboxylic acids is 1. The molecule has 0 fully saturated rings. The molecule has 0 aliphatic rings. The van der Waals surface area contributed by atoms with Crippen molar-refractivity contribution in [3.8, 4) is 11.5 Å². The Morgan fingerprint density at radius 2 is 2.12 bits per heavy atom. The summed E-state index contributed by atoms with van der Waals surface area (Å²) in [5.74, 6) is -0.421. The zero-order chi connectivity index (χ0) is 12.7. The van der Waals surface area contributed by atoms with Gasteiger partial charge in [-0.05, 0) is 25.0 Å². The second-order valence-corrected chi connectivity index (χ2v) is 3.42. The molecule has 1 aromatic rings. The predicted octanol–water partition coefficient (Wildman–Crippen LogP) is 1.54. The number of methoxy groups -OCH3 is 1. The molecular formula is C12H16O5. The number of rotatable bonds is 7. The molecule has 0 saturated heterocycles. The zero-order valence-corrected chi connectivity index (χ0v) is 9.68. The molecule has 0 radical (unpaired) electrons. The van der Waals surface area contributed by atoms with E-state index in [4.69, 9.17) is 19.7 Å². The summed E-state index contributed by atoms with van der Waals surface area (Å²) in [5, 5.41) is 17.6. The van der Waals surface area contributed by atoms with Gasteiger partial charge in [0, 0.05) is 6.61 Å². The van der Waals surface area contributed by atoms with E-state index in [1.54, 1.807) is 12.1 Å². The van der Waals surface area contributed by atoms with Crippen LogP contribution in [0, 0.1) is 0 Å². The summed E-state index contributed by atoms with van der Waals surface area (Å²) in [6, 6.07) is 4.71. The van der Waals surface area contributed by atoms with Crippen molar-refractivity contribution < 1.29 is 24.5 Å². The smallest absolute Gasteiger partial charge is 0.339 e. The summed E-state index contributed by atoms with van der Waals surface area (Å²) in [6.45, 7) is 0.447. The fraction of sp³-hybridized carbons (Fsp3) is 0.417. The van der Waals surface area contributed by atoms with Crippen LogP contribution in [0.4, 0.5) is 0 Å². The summed E-state index contributed by atoms with van der Waals surface area (Å²) in [6.07, 6.45) is 1.28. The van der Waals surface area contributed by atoms with E-state index >= 15 is 0 Å². The Balaban J connectivity index is 2.82. The average Bonchev–Trinajstić information content (AvgIpc) is 2.34. The van der Waals surface area contributed by atoms with Crippen LogP contribution in [-0.4, -0.2) is 36.5 Å². The molecule has 0 aromatic heterocycles. The van der Waals surface area contributed by atoms with Crippen molar-refractivity contribution >= 4 is 5.97 Å². The van der Waals surface area contributed by atoms with Gasteiger partial charge < -0.3 is 19.7 Å². The van der Waals surface area contributed by atoms with E-state index in [1.807, 2.05) is 0 Å². The maximum Gasteiger partial charge on any atom is 0.339 e. The molecule has 17 heavy (non-hydrogen) atoms. The van der Waals surface area contributed by atoms with Gasteiger partial charge in [0.25, 0.3) is 0 Å². The fourth-order valence-corrected chi connectivity index (χ4v) is 1.38. The summed E-state index contributed by atoms with van der Waals surface area (Å²) < 4.78 is 10.5. The Morgan fingerprint density at radius 1 is 1.35 bits per heavy atom. The summed E-state index contributed by atoms with van der Waals surface area (Å²) in [5.41, 5.74) is 0.0772. The van der Waals surface area contributed by atoms with Crippen LogP contribution in [0.1, 0.15) is 23.2 Å². The van der Waals surface area contributed by atoms with Crippen LogP contribution in [0.2, 0.25) is 0 Å². The highest BCUT2D eigenvalue weighted by Crippen LogP contribution is 2.31. The van der Waals surface area contributed by atoms with Gasteiger partial charge in [0.2, 0.25) is 0 Å². The summed E-state index contributed by atoms with van der Waals surface area (Å²) >= 11 is 0. The molecule has 5 nitrogen and oxygen atoms in total. The van der Waals surface area contributed by atoms with E-state index in [-0.39, 0.29) is 17.9 Å². The van der Waals surface area contributed by atoms with Gasteiger partial charge in [0.15, 0.2) is 11.5 Å². The van der Waals surface area contributed by atoms with Gasteiger partial charge in [0.05, 0.1) is 13.7 Å². The lowest BCUT2D eigenvalue weighted by atomic mass is 10.2. The lowest BCUT2D eigenvalue weighted by Gasteiger charge is -2.12. The Hall–Kier alpha value is -1.75. The topological polar surface area (TPSA) is 76.0 Å². The Morgan fingerprint density at radius 3 is 2.71 bits per heavy atom. The third-order valence-corrected chi connectivity index (χ3v) is 2.23. The first-order chi connectivity index (χ1) is 8.20. The normalized spacial score (nSPS) is 10.0. The number of carboxylic acid groups (broad SMARTS) is 1. The molecule has 0 aliphatic heterocycles. The first kappa shape index (κ1) is 13.3. The lowest BCUT2D eigenvalue weighted by Crippen LogP contribution is -2.06. The number of benzene rings is 1. The number of unbranched alkanes of at least 4 members (excludes halogenated alkanes) is 1. The molecule has 0 heterocycles. The highest BCUT2D eigenvalue weighted by Gasteiger charge is 2.15. The van der Waals surface area contributed by atoms with Gasteiger partial charge in [-0.15, -0.1) is 0 Å². The number of para-hydroxylation sites is 1. The molecule has 5 heteroatoms. The van der Waals surface area contributed by atoms with E-state index in [0.717, 1.165) is 0 Å². The quantitative estimate of drug-likeness (QED) is 0.707. The van der Waals surface area contributed by atoms with Crippen molar-refractivity contribution in [1.29, 1.82) is 0 Å². The molecule has 0 saturated carbocycles. The van der Waals surface area contributed by atoms with E-state index in [9.17, 15) is 4.79 Å². The number of hydrogen-bond acceptors (Lipinski definition) is 4. The van der Waals surface area contributed by atoms with E-state index < -0.39 is 5.97 Å². The molecule has 0 aliphatic carbocycles. The summed E-state index contributed by atoms with van der Waals surface area (Å²) in [4.78, 5) is 11.0. The van der Waals surface area contributed by atoms with E-state index in [2.05, 4.69) is 0 Å². The number of aliphatic hydroxyl groups excluding tert-OH is 1. The lowest BCUT2D eigenvalue weighted by molar-refractivity contribution is 0.0691. The molecule has 0 atom stereocenters. The Labute approximate surface area is 99.6 Å². The van der Waals surface area contributed by atoms with Gasteiger partial charge in [-0.2, -0.15) is 0 Å². The van der Waals surface area contributed by atoms with Crippen LogP contribution in [0.15, 0.2) is 18.2 Å². The largest absolute Gasteiger partial charge is 0.493 e. The first-order valence-corrected chi connectivity index (χ1v) is 5.34. The number of carbonyl (C=O) groups is 1. The molecule has 2 N–H and O–H groups in total. The SMILES string of the molecule is COc1cccc(C(=O)O)c1OCCCCO. The Bertz CT molecular complexity index is 375. The van der Waals surface area contributed by atoms with Crippen molar-refractivity contribution in [3.05, 3.63) is 23.8 Å². The van der Waals surface area contributed by atoms with Crippen LogP contribution in [0.3, 0.4) is 0 Å². The average molecular weight is 240 g/mol. The van der Waals surface area contributed by atoms with Gasteiger partial charge in [-0.1, -0.05) is 6.07 Å². The van der Waals surface area contributed by atoms with Crippen LogP contribution >= 0.6 is 0 Å². The van der Waals surface area contributed by atoms with Crippen LogP contribution in [0.5, 0.6) is 11.5 Å². The highest BCUT2D eigenvalue weighted by molar-refractivity contribution is 5.92. The monoisotopic (exact) mass is 240 g/mol. The third kappa shape index (κ3) is 3.64. The summed E-state index contributed by atoms with van der Waals surface area (Å²) in [7, 11) is 1.46. The minimum atomic E-state index is -1.05. The molecule has 1 rings (SSSR count). The third-order valence-electron chi connectivity index (χ3n) is 2.23. The molecule has 0 bridgehead atoms. The van der Waals surface area contributed by atoms with Crippen molar-refractivity contribution in [2.75, 3.05) is 20.3 Å². The minimum Gasteiger partial charge on any atom is -0.493 e. The van der Waals surface area contributed by atoms with Crippen molar-refractivity contribution in [2.24, 2.45) is 0 Å². The van der Waals surface area contributed by atoms with Gasteiger partial charge in [-0.25, -0.2) is 4.79 Å².